The van der Waals surface area contributed by atoms with Crippen LogP contribution in [0.5, 0.6) is 0 Å². The van der Waals surface area contributed by atoms with Gasteiger partial charge in [-0.3, -0.25) is 14.6 Å². The Bertz CT molecular complexity index is 655. The van der Waals surface area contributed by atoms with Gasteiger partial charge in [-0.25, -0.2) is 0 Å². The van der Waals surface area contributed by atoms with Gasteiger partial charge in [0.1, 0.15) is 0 Å². The van der Waals surface area contributed by atoms with Gasteiger partial charge in [-0.2, -0.15) is 18.3 Å². The Morgan fingerprint density at radius 3 is 2.37 bits per heavy atom. The molecule has 0 aliphatic heterocycles. The van der Waals surface area contributed by atoms with Crippen LogP contribution >= 0.6 is 0 Å². The highest BCUT2D eigenvalue weighted by molar-refractivity contribution is 5.43. The number of alkyl halides is 3. The van der Waals surface area contributed by atoms with Crippen LogP contribution in [0.2, 0.25) is 0 Å². The molecule has 19 heavy (non-hydrogen) atoms. The number of azo groups is 1. The zero-order valence-electron chi connectivity index (χ0n) is 9.77. The highest BCUT2D eigenvalue weighted by Crippen LogP contribution is 2.33. The summed E-state index contributed by atoms with van der Waals surface area (Å²) in [7, 11) is 1.18. The molecule has 0 saturated heterocycles. The minimum absolute atomic E-state index is 0.360. The topological polar surface area (TPSA) is 62.5 Å². The fraction of sp³-hybridized carbons (Fsp3) is 0.182. The number of nitrogens with zero attached hydrogens (tertiary/aromatic N) is 3. The van der Waals surface area contributed by atoms with Gasteiger partial charge in [-0.15, -0.1) is 5.11 Å². The van der Waals surface area contributed by atoms with Gasteiger partial charge in [0.2, 0.25) is 0 Å². The molecule has 0 fully saturated rings. The van der Waals surface area contributed by atoms with Crippen LogP contribution in [-0.4, -0.2) is 9.78 Å². The monoisotopic (exact) mass is 270 g/mol. The molecule has 0 aliphatic rings. The molecule has 0 spiro atoms. The number of H-pyrrole nitrogens is 1. The van der Waals surface area contributed by atoms with Crippen molar-refractivity contribution in [1.29, 1.82) is 0 Å². The maximum atomic E-state index is 12.7. The standard InChI is InChI=1S/C11H9F3N4O/c1-18-10(19)8(9(17-18)11(12,13)14)16-15-7-5-3-2-4-6-7/h2-6,17H,1H3. The number of nitrogens with one attached hydrogen (secondary N) is 1. The Morgan fingerprint density at radius 1 is 1.16 bits per heavy atom. The molecule has 5 nitrogen and oxygen atoms in total. The van der Waals surface area contributed by atoms with Crippen LogP contribution in [0, 0.1) is 0 Å². The lowest BCUT2D eigenvalue weighted by molar-refractivity contribution is -0.140. The average molecular weight is 270 g/mol. The third kappa shape index (κ3) is 2.72. The second-order valence-corrected chi connectivity index (χ2v) is 3.73. The quantitative estimate of drug-likeness (QED) is 0.837. The van der Waals surface area contributed by atoms with E-state index in [4.69, 9.17) is 0 Å². The lowest BCUT2D eigenvalue weighted by Gasteiger charge is -2.02. The Labute approximate surface area is 105 Å². The van der Waals surface area contributed by atoms with Gasteiger partial charge < -0.3 is 0 Å². The number of hydrogen-bond acceptors (Lipinski definition) is 3. The zero-order chi connectivity index (χ0) is 14.0. The molecular formula is C11H9F3N4O. The maximum Gasteiger partial charge on any atom is 0.435 e. The molecule has 1 aromatic carbocycles. The van der Waals surface area contributed by atoms with E-state index in [-0.39, 0.29) is 0 Å². The molecule has 0 bridgehead atoms. The fourth-order valence-electron chi connectivity index (χ4n) is 1.43. The summed E-state index contributed by atoms with van der Waals surface area (Å²) in [5, 5.41) is 8.93. The van der Waals surface area contributed by atoms with Crippen LogP contribution in [0.25, 0.3) is 0 Å². The molecular weight excluding hydrogens is 261 g/mol. The first-order valence-electron chi connectivity index (χ1n) is 5.22. The van der Waals surface area contributed by atoms with Crippen molar-refractivity contribution in [3.05, 3.63) is 46.4 Å². The van der Waals surface area contributed by atoms with Gasteiger partial charge in [0.25, 0.3) is 5.56 Å². The molecule has 1 aromatic heterocycles. The van der Waals surface area contributed by atoms with Crippen molar-refractivity contribution in [1.82, 2.24) is 9.78 Å². The first-order chi connectivity index (χ1) is 8.89. The SMILES string of the molecule is Cn1[nH]c(C(F)(F)F)c(N=Nc2ccccc2)c1=O. The zero-order valence-corrected chi connectivity index (χ0v) is 9.77. The molecule has 1 N–H and O–H groups in total. The summed E-state index contributed by atoms with van der Waals surface area (Å²) in [6.07, 6.45) is -4.69. The Morgan fingerprint density at radius 2 is 1.79 bits per heavy atom. The van der Waals surface area contributed by atoms with Crippen molar-refractivity contribution >= 4 is 11.4 Å². The highest BCUT2D eigenvalue weighted by atomic mass is 19.4. The van der Waals surface area contributed by atoms with Crippen molar-refractivity contribution in [2.24, 2.45) is 17.3 Å². The molecule has 0 unspecified atom stereocenters. The van der Waals surface area contributed by atoms with E-state index < -0.39 is 23.1 Å². The van der Waals surface area contributed by atoms with E-state index in [0.717, 1.165) is 0 Å². The third-order valence-corrected chi connectivity index (χ3v) is 2.33. The van der Waals surface area contributed by atoms with Crippen LogP contribution in [-0.2, 0) is 13.2 Å². The number of halogens is 3. The van der Waals surface area contributed by atoms with Gasteiger partial charge in [0, 0.05) is 7.05 Å². The summed E-state index contributed by atoms with van der Waals surface area (Å²) in [4.78, 5) is 11.5. The predicted octanol–water partition coefficient (Wildman–Crippen LogP) is 3.15. The summed E-state index contributed by atoms with van der Waals surface area (Å²) in [5.74, 6) is 0. The summed E-state index contributed by atoms with van der Waals surface area (Å²) in [5.41, 5.74) is -2.48. The van der Waals surface area contributed by atoms with Crippen LogP contribution in [0.15, 0.2) is 45.4 Å². The van der Waals surface area contributed by atoms with Crippen LogP contribution in [0.4, 0.5) is 24.5 Å². The van der Waals surface area contributed by atoms with Crippen LogP contribution < -0.4 is 5.56 Å². The molecule has 0 amide bonds. The first-order valence-corrected chi connectivity index (χ1v) is 5.22. The van der Waals surface area contributed by atoms with Gasteiger partial charge in [-0.1, -0.05) is 18.2 Å². The van der Waals surface area contributed by atoms with Gasteiger partial charge in [-0.05, 0) is 12.1 Å². The minimum atomic E-state index is -4.69. The maximum absolute atomic E-state index is 12.7. The van der Waals surface area contributed by atoms with Crippen molar-refractivity contribution in [3.63, 3.8) is 0 Å². The number of rotatable bonds is 2. The number of aromatic nitrogens is 2. The molecule has 8 heteroatoms. The Hall–Kier alpha value is -2.38. The molecule has 0 atom stereocenters. The third-order valence-electron chi connectivity index (χ3n) is 2.33. The Kier molecular flexibility index (Phi) is 3.24. The van der Waals surface area contributed by atoms with E-state index in [1.165, 1.54) is 7.05 Å². The number of aromatic amines is 1. The number of benzene rings is 1. The molecule has 100 valence electrons. The molecule has 0 radical (unpaired) electrons. The van der Waals surface area contributed by atoms with Crippen molar-refractivity contribution in [2.75, 3.05) is 0 Å². The van der Waals surface area contributed by atoms with E-state index in [0.29, 0.717) is 10.4 Å². The molecule has 2 rings (SSSR count). The summed E-state index contributed by atoms with van der Waals surface area (Å²) < 4.78 is 38.8. The van der Waals surface area contributed by atoms with E-state index in [1.807, 2.05) is 5.10 Å². The minimum Gasteiger partial charge on any atom is -0.289 e. The van der Waals surface area contributed by atoms with Crippen LogP contribution in [0.3, 0.4) is 0 Å². The van der Waals surface area contributed by atoms with Gasteiger partial charge in [0.05, 0.1) is 5.69 Å². The van der Waals surface area contributed by atoms with Crippen molar-refractivity contribution in [3.8, 4) is 0 Å². The van der Waals surface area contributed by atoms with E-state index in [9.17, 15) is 18.0 Å². The van der Waals surface area contributed by atoms with Gasteiger partial charge >= 0.3 is 6.18 Å². The van der Waals surface area contributed by atoms with E-state index in [2.05, 4.69) is 10.2 Å². The molecule has 0 saturated carbocycles. The lowest BCUT2D eigenvalue weighted by atomic mass is 10.3. The highest BCUT2D eigenvalue weighted by Gasteiger charge is 2.38. The average Bonchev–Trinajstić information content (AvgIpc) is 2.65. The van der Waals surface area contributed by atoms with Crippen LogP contribution in [0.1, 0.15) is 5.69 Å². The Balaban J connectivity index is 2.46. The van der Waals surface area contributed by atoms with E-state index in [1.54, 1.807) is 30.3 Å². The molecule has 1 heterocycles. The van der Waals surface area contributed by atoms with E-state index >= 15 is 0 Å². The number of hydrogen-bond donors (Lipinski definition) is 1. The van der Waals surface area contributed by atoms with Crippen molar-refractivity contribution in [2.45, 2.75) is 6.18 Å². The largest absolute Gasteiger partial charge is 0.435 e. The molecule has 2 aromatic rings. The summed E-state index contributed by atoms with van der Waals surface area (Å²) in [6.45, 7) is 0. The molecule has 0 aliphatic carbocycles. The summed E-state index contributed by atoms with van der Waals surface area (Å²) >= 11 is 0. The van der Waals surface area contributed by atoms with Crippen molar-refractivity contribution < 1.29 is 13.2 Å². The lowest BCUT2D eigenvalue weighted by Crippen LogP contribution is -2.10. The normalized spacial score (nSPS) is 12.2. The first kappa shape index (κ1) is 13.1. The van der Waals surface area contributed by atoms with Gasteiger partial charge in [0.15, 0.2) is 11.4 Å². The summed E-state index contributed by atoms with van der Waals surface area (Å²) in [6, 6.07) is 8.18. The number of aryl methyl sites for hydroxylation is 1. The second kappa shape index (κ2) is 4.71. The predicted molar refractivity (Wildman–Crippen MR) is 61.7 cm³/mol. The second-order valence-electron chi connectivity index (χ2n) is 3.73. The smallest absolute Gasteiger partial charge is 0.289 e. The fourth-order valence-corrected chi connectivity index (χ4v) is 1.43.